The quantitative estimate of drug-likeness (QED) is 0.935. The molecular formula is C16H15N3O2. The predicted octanol–water partition coefficient (Wildman–Crippen LogP) is 3.04. The van der Waals surface area contributed by atoms with Gasteiger partial charge in [0.2, 0.25) is 0 Å². The first-order valence-corrected chi connectivity index (χ1v) is 6.39. The van der Waals surface area contributed by atoms with E-state index in [1.54, 1.807) is 31.2 Å². The fraction of sp³-hybridized carbons (Fsp3) is 0.188. The number of carboxylic acid groups (broad SMARTS) is 1. The normalized spacial score (nSPS) is 10.0. The number of carboxylic acids is 1. The number of anilines is 2. The number of hydrogen-bond acceptors (Lipinski definition) is 4. The molecule has 0 radical (unpaired) electrons. The fourth-order valence-corrected chi connectivity index (χ4v) is 2.18. The van der Waals surface area contributed by atoms with Gasteiger partial charge in [-0.15, -0.1) is 0 Å². The minimum absolute atomic E-state index is 0.231. The Kier molecular flexibility index (Phi) is 3.90. The lowest BCUT2D eigenvalue weighted by Gasteiger charge is -2.22. The second kappa shape index (κ2) is 5.63. The summed E-state index contributed by atoms with van der Waals surface area (Å²) >= 11 is 0. The topological polar surface area (TPSA) is 77.2 Å². The molecule has 0 aliphatic rings. The molecule has 1 aromatic heterocycles. The van der Waals surface area contributed by atoms with Gasteiger partial charge >= 0.3 is 5.97 Å². The van der Waals surface area contributed by atoms with Gasteiger partial charge in [0.1, 0.15) is 6.07 Å². The number of nitriles is 1. The van der Waals surface area contributed by atoms with Crippen molar-refractivity contribution in [2.75, 3.05) is 11.9 Å². The van der Waals surface area contributed by atoms with Crippen LogP contribution in [0.25, 0.3) is 0 Å². The van der Waals surface area contributed by atoms with Crippen LogP contribution in [0, 0.1) is 25.2 Å². The molecule has 0 atom stereocenters. The maximum atomic E-state index is 10.9. The highest BCUT2D eigenvalue weighted by atomic mass is 16.4. The summed E-state index contributed by atoms with van der Waals surface area (Å²) in [5.41, 5.74) is 3.82. The number of nitrogens with zero attached hydrogens (tertiary/aromatic N) is 3. The van der Waals surface area contributed by atoms with Gasteiger partial charge in [0.25, 0.3) is 0 Å². The van der Waals surface area contributed by atoms with Crippen LogP contribution in [0.5, 0.6) is 0 Å². The molecule has 0 fully saturated rings. The minimum Gasteiger partial charge on any atom is -0.478 e. The molecule has 0 saturated heterocycles. The largest absolute Gasteiger partial charge is 0.478 e. The lowest BCUT2D eigenvalue weighted by atomic mass is 10.1. The van der Waals surface area contributed by atoms with E-state index >= 15 is 0 Å². The van der Waals surface area contributed by atoms with Crippen LogP contribution in [-0.2, 0) is 0 Å². The van der Waals surface area contributed by atoms with Crippen molar-refractivity contribution in [2.45, 2.75) is 13.8 Å². The fourth-order valence-electron chi connectivity index (χ4n) is 2.18. The standard InChI is InChI=1S/C16H15N3O2/c1-10-8-15(14(9-17)11(2)18-10)19(3)13-6-4-12(5-7-13)16(20)21/h4-8H,1-3H3,(H,20,21). The molecule has 0 unspecified atom stereocenters. The third-order valence-electron chi connectivity index (χ3n) is 3.28. The van der Waals surface area contributed by atoms with Gasteiger partial charge in [-0.3, -0.25) is 4.98 Å². The summed E-state index contributed by atoms with van der Waals surface area (Å²) in [7, 11) is 1.84. The summed E-state index contributed by atoms with van der Waals surface area (Å²) in [4.78, 5) is 17.0. The highest BCUT2D eigenvalue weighted by Gasteiger charge is 2.14. The molecule has 0 saturated carbocycles. The molecule has 1 heterocycles. The number of pyridine rings is 1. The lowest BCUT2D eigenvalue weighted by molar-refractivity contribution is 0.0697. The monoisotopic (exact) mass is 281 g/mol. The SMILES string of the molecule is Cc1cc(N(C)c2ccc(C(=O)O)cc2)c(C#N)c(C)n1. The van der Waals surface area contributed by atoms with Crippen LogP contribution in [0.2, 0.25) is 0 Å². The van der Waals surface area contributed by atoms with E-state index in [4.69, 9.17) is 5.11 Å². The summed E-state index contributed by atoms with van der Waals surface area (Å²) in [6.07, 6.45) is 0. The second-order valence-electron chi connectivity index (χ2n) is 4.77. The summed E-state index contributed by atoms with van der Waals surface area (Å²) in [5, 5.41) is 18.2. The number of carbonyl (C=O) groups is 1. The number of aromatic nitrogens is 1. The van der Waals surface area contributed by atoms with E-state index in [-0.39, 0.29) is 5.56 Å². The molecule has 0 aliphatic heterocycles. The van der Waals surface area contributed by atoms with Crippen LogP contribution in [-0.4, -0.2) is 23.1 Å². The lowest BCUT2D eigenvalue weighted by Crippen LogP contribution is -2.13. The minimum atomic E-state index is -0.961. The summed E-state index contributed by atoms with van der Waals surface area (Å²) in [6, 6.07) is 10.5. The molecule has 1 N–H and O–H groups in total. The van der Waals surface area contributed by atoms with Crippen molar-refractivity contribution in [3.05, 3.63) is 52.8 Å². The van der Waals surface area contributed by atoms with Gasteiger partial charge in [0, 0.05) is 18.4 Å². The van der Waals surface area contributed by atoms with Crippen molar-refractivity contribution in [3.63, 3.8) is 0 Å². The first-order valence-electron chi connectivity index (χ1n) is 6.39. The average Bonchev–Trinajstić information content (AvgIpc) is 2.46. The van der Waals surface area contributed by atoms with Crippen LogP contribution in [0.15, 0.2) is 30.3 Å². The zero-order valence-electron chi connectivity index (χ0n) is 12.1. The molecule has 5 nitrogen and oxygen atoms in total. The van der Waals surface area contributed by atoms with Crippen LogP contribution in [0.3, 0.4) is 0 Å². The molecular weight excluding hydrogens is 266 g/mol. The Morgan fingerprint density at radius 3 is 2.43 bits per heavy atom. The molecule has 2 aromatic rings. The highest BCUT2D eigenvalue weighted by Crippen LogP contribution is 2.28. The maximum absolute atomic E-state index is 10.9. The smallest absolute Gasteiger partial charge is 0.335 e. The maximum Gasteiger partial charge on any atom is 0.335 e. The number of benzene rings is 1. The number of hydrogen-bond donors (Lipinski definition) is 1. The van der Waals surface area contributed by atoms with E-state index in [0.29, 0.717) is 11.3 Å². The second-order valence-corrected chi connectivity index (χ2v) is 4.77. The average molecular weight is 281 g/mol. The Morgan fingerprint density at radius 2 is 1.90 bits per heavy atom. The molecule has 106 valence electrons. The van der Waals surface area contributed by atoms with Gasteiger partial charge in [0.05, 0.1) is 22.5 Å². The van der Waals surface area contributed by atoms with Gasteiger partial charge < -0.3 is 10.0 Å². The Balaban J connectivity index is 2.47. The molecule has 0 amide bonds. The molecule has 5 heteroatoms. The first-order chi connectivity index (χ1) is 9.93. The van der Waals surface area contributed by atoms with Crippen LogP contribution < -0.4 is 4.90 Å². The molecule has 0 spiro atoms. The van der Waals surface area contributed by atoms with Gasteiger partial charge in [-0.25, -0.2) is 4.79 Å². The van der Waals surface area contributed by atoms with Crippen molar-refractivity contribution in [1.82, 2.24) is 4.98 Å². The summed E-state index contributed by atoms with van der Waals surface area (Å²) in [6.45, 7) is 3.68. The summed E-state index contributed by atoms with van der Waals surface area (Å²) < 4.78 is 0. The number of aryl methyl sites for hydroxylation is 2. The third-order valence-corrected chi connectivity index (χ3v) is 3.28. The van der Waals surface area contributed by atoms with Crippen molar-refractivity contribution in [3.8, 4) is 6.07 Å². The Labute approximate surface area is 123 Å². The van der Waals surface area contributed by atoms with E-state index in [0.717, 1.165) is 17.1 Å². The summed E-state index contributed by atoms with van der Waals surface area (Å²) in [5.74, 6) is -0.961. The Morgan fingerprint density at radius 1 is 1.29 bits per heavy atom. The zero-order valence-corrected chi connectivity index (χ0v) is 12.1. The van der Waals surface area contributed by atoms with Crippen molar-refractivity contribution >= 4 is 17.3 Å². The molecule has 2 rings (SSSR count). The molecule has 0 aliphatic carbocycles. The van der Waals surface area contributed by atoms with E-state index in [2.05, 4.69) is 11.1 Å². The van der Waals surface area contributed by atoms with Crippen LogP contribution >= 0.6 is 0 Å². The van der Waals surface area contributed by atoms with Crippen LogP contribution in [0.4, 0.5) is 11.4 Å². The third kappa shape index (κ3) is 2.84. The number of rotatable bonds is 3. The van der Waals surface area contributed by atoms with Gasteiger partial charge in [-0.1, -0.05) is 0 Å². The molecule has 1 aromatic carbocycles. The Hall–Kier alpha value is -2.87. The predicted molar refractivity (Wildman–Crippen MR) is 79.9 cm³/mol. The Bertz CT molecular complexity index is 730. The van der Waals surface area contributed by atoms with E-state index in [1.165, 1.54) is 0 Å². The number of aromatic carboxylic acids is 1. The van der Waals surface area contributed by atoms with Crippen molar-refractivity contribution in [2.24, 2.45) is 0 Å². The highest BCUT2D eigenvalue weighted by molar-refractivity contribution is 5.88. The van der Waals surface area contributed by atoms with Crippen molar-refractivity contribution in [1.29, 1.82) is 5.26 Å². The van der Waals surface area contributed by atoms with E-state index in [1.807, 2.05) is 24.9 Å². The van der Waals surface area contributed by atoms with Crippen molar-refractivity contribution < 1.29 is 9.90 Å². The van der Waals surface area contributed by atoms with E-state index < -0.39 is 5.97 Å². The first kappa shape index (κ1) is 14.5. The van der Waals surface area contributed by atoms with Gasteiger partial charge in [0.15, 0.2) is 0 Å². The van der Waals surface area contributed by atoms with E-state index in [9.17, 15) is 10.1 Å². The molecule has 0 bridgehead atoms. The molecule has 21 heavy (non-hydrogen) atoms. The van der Waals surface area contributed by atoms with Gasteiger partial charge in [-0.2, -0.15) is 5.26 Å². The van der Waals surface area contributed by atoms with Crippen LogP contribution in [0.1, 0.15) is 27.3 Å². The van der Waals surface area contributed by atoms with Gasteiger partial charge in [-0.05, 0) is 44.2 Å². The zero-order chi connectivity index (χ0) is 15.6.